The van der Waals surface area contributed by atoms with Gasteiger partial charge in [-0.15, -0.1) is 0 Å². The lowest BCUT2D eigenvalue weighted by Gasteiger charge is -2.11. The lowest BCUT2D eigenvalue weighted by molar-refractivity contribution is -0.119. The minimum Gasteiger partial charge on any atom is -0.497 e. The van der Waals surface area contributed by atoms with Crippen molar-refractivity contribution in [2.75, 3.05) is 26.1 Å². The molecule has 3 rings (SSSR count). The van der Waals surface area contributed by atoms with Gasteiger partial charge in [-0.05, 0) is 42.5 Å². The number of benzene rings is 3. The first-order valence-electron chi connectivity index (χ1n) is 9.41. The van der Waals surface area contributed by atoms with Crippen LogP contribution in [-0.2, 0) is 9.53 Å². The summed E-state index contributed by atoms with van der Waals surface area (Å²) in [5.41, 5.74) is 1.12. The molecule has 0 heterocycles. The third-order valence-electron chi connectivity index (χ3n) is 4.46. The van der Waals surface area contributed by atoms with E-state index in [0.29, 0.717) is 22.7 Å². The van der Waals surface area contributed by atoms with E-state index in [2.05, 4.69) is 5.32 Å². The van der Waals surface area contributed by atoms with Gasteiger partial charge in [-0.1, -0.05) is 30.3 Å². The first kappa shape index (κ1) is 21.6. The second-order valence-corrected chi connectivity index (χ2v) is 6.43. The maximum absolute atomic E-state index is 12.9. The Morgan fingerprint density at radius 3 is 2.10 bits per heavy atom. The number of anilines is 1. The van der Waals surface area contributed by atoms with E-state index in [-0.39, 0.29) is 16.9 Å². The summed E-state index contributed by atoms with van der Waals surface area (Å²) in [4.78, 5) is 37.7. The van der Waals surface area contributed by atoms with Gasteiger partial charge in [-0.25, -0.2) is 4.79 Å². The third kappa shape index (κ3) is 5.27. The molecule has 0 bridgehead atoms. The fourth-order valence-electron chi connectivity index (χ4n) is 2.90. The number of para-hydroxylation sites is 2. The van der Waals surface area contributed by atoms with Crippen LogP contribution in [0, 0.1) is 0 Å². The zero-order chi connectivity index (χ0) is 22.2. The van der Waals surface area contributed by atoms with Crippen LogP contribution in [0.15, 0.2) is 72.8 Å². The normalized spacial score (nSPS) is 10.1. The number of carbonyl (C=O) groups excluding carboxylic acids is 3. The number of methoxy groups -OCH3 is 2. The number of ketones is 1. The largest absolute Gasteiger partial charge is 0.497 e. The average molecular weight is 419 g/mol. The number of amides is 1. The number of ether oxygens (including phenoxy) is 3. The van der Waals surface area contributed by atoms with Gasteiger partial charge in [0.15, 0.2) is 12.4 Å². The Morgan fingerprint density at radius 1 is 0.774 bits per heavy atom. The molecule has 0 atom stereocenters. The molecule has 0 saturated carbocycles. The van der Waals surface area contributed by atoms with Crippen molar-refractivity contribution in [3.05, 3.63) is 89.5 Å². The van der Waals surface area contributed by atoms with Crippen LogP contribution in [0.1, 0.15) is 26.3 Å². The van der Waals surface area contributed by atoms with E-state index in [4.69, 9.17) is 14.2 Å². The molecule has 0 spiro atoms. The second-order valence-electron chi connectivity index (χ2n) is 6.43. The summed E-state index contributed by atoms with van der Waals surface area (Å²) in [5, 5.41) is 2.62. The lowest BCUT2D eigenvalue weighted by atomic mass is 9.98. The molecule has 0 unspecified atom stereocenters. The van der Waals surface area contributed by atoms with Crippen molar-refractivity contribution >= 4 is 23.3 Å². The minimum absolute atomic E-state index is 0.0772. The van der Waals surface area contributed by atoms with E-state index in [0.717, 1.165) is 0 Å². The van der Waals surface area contributed by atoms with Crippen LogP contribution in [0.4, 0.5) is 5.69 Å². The molecule has 3 aromatic carbocycles. The maximum atomic E-state index is 12.9. The van der Waals surface area contributed by atoms with Crippen LogP contribution in [0.2, 0.25) is 0 Å². The summed E-state index contributed by atoms with van der Waals surface area (Å²) in [5.74, 6) is -0.541. The minimum atomic E-state index is -0.771. The monoisotopic (exact) mass is 419 g/mol. The standard InChI is InChI=1S/C24H21NO6/c1-29-17-13-11-16(12-14-17)23(27)18-7-3-4-8-19(18)24(28)31-15-22(26)25-20-9-5-6-10-21(20)30-2/h3-14H,15H2,1-2H3,(H,25,26). The van der Waals surface area contributed by atoms with Crippen LogP contribution in [-0.4, -0.2) is 38.5 Å². The highest BCUT2D eigenvalue weighted by Gasteiger charge is 2.20. The number of hydrogen-bond donors (Lipinski definition) is 1. The zero-order valence-electron chi connectivity index (χ0n) is 17.1. The van der Waals surface area contributed by atoms with Crippen molar-refractivity contribution in [1.29, 1.82) is 0 Å². The number of carbonyl (C=O) groups is 3. The van der Waals surface area contributed by atoms with Crippen LogP contribution in [0.5, 0.6) is 11.5 Å². The fraction of sp³-hybridized carbons (Fsp3) is 0.125. The van der Waals surface area contributed by atoms with Gasteiger partial charge in [0.2, 0.25) is 0 Å². The predicted molar refractivity (Wildman–Crippen MR) is 115 cm³/mol. The molecule has 1 N–H and O–H groups in total. The van der Waals surface area contributed by atoms with Gasteiger partial charge >= 0.3 is 5.97 Å². The molecule has 158 valence electrons. The van der Waals surface area contributed by atoms with Crippen molar-refractivity contribution < 1.29 is 28.6 Å². The highest BCUT2D eigenvalue weighted by Crippen LogP contribution is 2.23. The first-order chi connectivity index (χ1) is 15.0. The molecule has 7 nitrogen and oxygen atoms in total. The van der Waals surface area contributed by atoms with Gasteiger partial charge in [-0.2, -0.15) is 0 Å². The molecule has 0 aromatic heterocycles. The molecule has 0 aliphatic rings. The van der Waals surface area contributed by atoms with Gasteiger partial charge in [-0.3, -0.25) is 9.59 Å². The summed E-state index contributed by atoms with van der Waals surface area (Å²) in [6.45, 7) is -0.512. The Hall–Kier alpha value is -4.13. The van der Waals surface area contributed by atoms with Gasteiger partial charge < -0.3 is 19.5 Å². The van der Waals surface area contributed by atoms with E-state index in [1.165, 1.54) is 26.4 Å². The number of rotatable bonds is 8. The van der Waals surface area contributed by atoms with E-state index in [9.17, 15) is 14.4 Å². The van der Waals surface area contributed by atoms with Crippen LogP contribution >= 0.6 is 0 Å². The predicted octanol–water partition coefficient (Wildman–Crippen LogP) is 3.73. The molecule has 0 aliphatic heterocycles. The molecular formula is C24H21NO6. The van der Waals surface area contributed by atoms with Crippen LogP contribution < -0.4 is 14.8 Å². The van der Waals surface area contributed by atoms with Crippen molar-refractivity contribution in [2.45, 2.75) is 0 Å². The Balaban J connectivity index is 1.69. The highest BCUT2D eigenvalue weighted by molar-refractivity contribution is 6.14. The molecule has 0 aliphatic carbocycles. The summed E-state index contributed by atoms with van der Waals surface area (Å²) in [6, 6.07) is 19.7. The summed E-state index contributed by atoms with van der Waals surface area (Å²) in [6.07, 6.45) is 0. The average Bonchev–Trinajstić information content (AvgIpc) is 2.82. The lowest BCUT2D eigenvalue weighted by Crippen LogP contribution is -2.22. The molecule has 31 heavy (non-hydrogen) atoms. The quantitative estimate of drug-likeness (QED) is 0.442. The second kappa shape index (κ2) is 10.1. The topological polar surface area (TPSA) is 90.9 Å². The molecular weight excluding hydrogens is 398 g/mol. The summed E-state index contributed by atoms with van der Waals surface area (Å²) in [7, 11) is 3.02. The van der Waals surface area contributed by atoms with Crippen molar-refractivity contribution in [3.63, 3.8) is 0 Å². The highest BCUT2D eigenvalue weighted by atomic mass is 16.5. The van der Waals surface area contributed by atoms with Gasteiger partial charge in [0.1, 0.15) is 11.5 Å². The SMILES string of the molecule is COc1ccc(C(=O)c2ccccc2C(=O)OCC(=O)Nc2ccccc2OC)cc1. The Kier molecular flexibility index (Phi) is 7.01. The van der Waals surface area contributed by atoms with Gasteiger partial charge in [0.25, 0.3) is 5.91 Å². The molecule has 0 fully saturated rings. The third-order valence-corrected chi connectivity index (χ3v) is 4.46. The number of nitrogens with one attached hydrogen (secondary N) is 1. The van der Waals surface area contributed by atoms with E-state index in [1.54, 1.807) is 60.7 Å². The van der Waals surface area contributed by atoms with Crippen molar-refractivity contribution in [2.24, 2.45) is 0 Å². The smallest absolute Gasteiger partial charge is 0.339 e. The van der Waals surface area contributed by atoms with Crippen molar-refractivity contribution in [1.82, 2.24) is 0 Å². The maximum Gasteiger partial charge on any atom is 0.339 e. The molecule has 0 saturated heterocycles. The van der Waals surface area contributed by atoms with E-state index >= 15 is 0 Å². The summed E-state index contributed by atoms with van der Waals surface area (Å²) < 4.78 is 15.4. The van der Waals surface area contributed by atoms with E-state index in [1.807, 2.05) is 0 Å². The fourth-order valence-corrected chi connectivity index (χ4v) is 2.90. The first-order valence-corrected chi connectivity index (χ1v) is 9.41. The zero-order valence-corrected chi connectivity index (χ0v) is 17.1. The van der Waals surface area contributed by atoms with E-state index < -0.39 is 18.5 Å². The van der Waals surface area contributed by atoms with Crippen LogP contribution in [0.3, 0.4) is 0 Å². The Morgan fingerprint density at radius 2 is 1.42 bits per heavy atom. The molecule has 0 radical (unpaired) electrons. The van der Waals surface area contributed by atoms with Crippen LogP contribution in [0.25, 0.3) is 0 Å². The Bertz CT molecular complexity index is 1090. The molecule has 1 amide bonds. The summed E-state index contributed by atoms with van der Waals surface area (Å²) >= 11 is 0. The molecule has 3 aromatic rings. The number of esters is 1. The molecule has 7 heteroatoms. The Labute approximate surface area is 179 Å². The number of hydrogen-bond acceptors (Lipinski definition) is 6. The van der Waals surface area contributed by atoms with Gasteiger partial charge in [0.05, 0.1) is 25.5 Å². The van der Waals surface area contributed by atoms with Gasteiger partial charge in [0, 0.05) is 11.1 Å². The van der Waals surface area contributed by atoms with Crippen molar-refractivity contribution in [3.8, 4) is 11.5 Å².